The van der Waals surface area contributed by atoms with Gasteiger partial charge in [0.25, 0.3) is 0 Å². The average molecular weight is 329 g/mol. The predicted octanol–water partition coefficient (Wildman–Crippen LogP) is 3.37. The number of rotatable bonds is 2. The largest absolute Gasteiger partial charge is 0.244 e. The highest BCUT2D eigenvalue weighted by Crippen LogP contribution is 2.28. The highest BCUT2D eigenvalue weighted by atomic mass is 32.1. The van der Waals surface area contributed by atoms with Crippen LogP contribution in [0, 0.1) is 0 Å². The molecule has 23 heavy (non-hydrogen) atoms. The number of nitrogens with zero attached hydrogens (tertiary/aromatic N) is 1. The Morgan fingerprint density at radius 1 is 0.696 bits per heavy atom. The van der Waals surface area contributed by atoms with Gasteiger partial charge in [0, 0.05) is 11.6 Å². The molecule has 0 radical (unpaired) electrons. The van der Waals surface area contributed by atoms with Crippen molar-refractivity contribution < 1.29 is 0 Å². The summed E-state index contributed by atoms with van der Waals surface area (Å²) in [6.07, 6.45) is 1.89. The van der Waals surface area contributed by atoms with E-state index < -0.39 is 0 Å². The minimum atomic E-state index is 0.313. The summed E-state index contributed by atoms with van der Waals surface area (Å²) < 4.78 is 0. The molecule has 0 saturated heterocycles. The molecule has 0 saturated carbocycles. The van der Waals surface area contributed by atoms with Gasteiger partial charge >= 0.3 is 0 Å². The maximum atomic E-state index is 4.53. The number of hydrogen-bond donors (Lipinski definition) is 0. The molecular formula is C19H12BNS2. The zero-order valence-electron chi connectivity index (χ0n) is 12.3. The van der Waals surface area contributed by atoms with Crippen molar-refractivity contribution in [3.05, 3.63) is 71.6 Å². The van der Waals surface area contributed by atoms with Crippen LogP contribution in [0.25, 0.3) is 21.0 Å². The topological polar surface area (TPSA) is 12.9 Å². The molecule has 4 heteroatoms. The zero-order chi connectivity index (χ0) is 15.2. The van der Waals surface area contributed by atoms with Gasteiger partial charge in [-0.1, -0.05) is 65.5 Å². The van der Waals surface area contributed by atoms with E-state index in [4.69, 9.17) is 0 Å². The summed E-state index contributed by atoms with van der Waals surface area (Å²) in [5.41, 5.74) is 6.92. The predicted molar refractivity (Wildman–Crippen MR) is 102 cm³/mol. The van der Waals surface area contributed by atoms with Crippen molar-refractivity contribution >= 4 is 45.8 Å². The van der Waals surface area contributed by atoms with Gasteiger partial charge in [0.15, 0.2) is 0 Å². The fourth-order valence-corrected chi connectivity index (χ4v) is 5.26. The van der Waals surface area contributed by atoms with Crippen LogP contribution < -0.4 is 16.4 Å². The van der Waals surface area contributed by atoms with Gasteiger partial charge in [0.1, 0.15) is 5.01 Å². The van der Waals surface area contributed by atoms with E-state index in [-0.39, 0.29) is 0 Å². The van der Waals surface area contributed by atoms with Gasteiger partial charge in [-0.05, 0) is 22.0 Å². The first-order valence-electron chi connectivity index (χ1n) is 7.59. The third-order valence-corrected chi connectivity index (χ3v) is 6.32. The van der Waals surface area contributed by atoms with Crippen LogP contribution in [-0.2, 0) is 0 Å². The van der Waals surface area contributed by atoms with Crippen molar-refractivity contribution in [2.24, 2.45) is 0 Å². The SMILES string of the molecule is c1ccc2c(c1)B(c1ccsc1-c1nccs1)c1ccccc1-2. The first-order chi connectivity index (χ1) is 11.4. The number of fused-ring (bicyclic) bond motifs is 3. The Balaban J connectivity index is 1.78. The second kappa shape index (κ2) is 5.19. The Labute approximate surface area is 143 Å². The van der Waals surface area contributed by atoms with Gasteiger partial charge in [0.05, 0.1) is 4.88 Å². The molecule has 0 N–H and O–H groups in total. The van der Waals surface area contributed by atoms with Crippen LogP contribution in [-0.4, -0.2) is 11.7 Å². The Kier molecular flexibility index (Phi) is 3.00. The molecule has 0 fully saturated rings. The second-order valence-electron chi connectivity index (χ2n) is 5.65. The number of thiophene rings is 1. The van der Waals surface area contributed by atoms with E-state index in [0.29, 0.717) is 6.71 Å². The van der Waals surface area contributed by atoms with E-state index in [1.807, 2.05) is 6.20 Å². The van der Waals surface area contributed by atoms with Crippen molar-refractivity contribution in [2.45, 2.75) is 0 Å². The van der Waals surface area contributed by atoms with Crippen molar-refractivity contribution in [1.82, 2.24) is 4.98 Å². The molecule has 0 amide bonds. The van der Waals surface area contributed by atoms with E-state index in [2.05, 4.69) is 70.3 Å². The van der Waals surface area contributed by atoms with Crippen molar-refractivity contribution in [2.75, 3.05) is 0 Å². The molecule has 1 aliphatic heterocycles. The molecule has 0 unspecified atom stereocenters. The maximum absolute atomic E-state index is 4.53. The van der Waals surface area contributed by atoms with E-state index >= 15 is 0 Å². The fourth-order valence-electron chi connectivity index (χ4n) is 3.55. The van der Waals surface area contributed by atoms with Crippen molar-refractivity contribution in [1.29, 1.82) is 0 Å². The highest BCUT2D eigenvalue weighted by Gasteiger charge is 2.35. The Hall–Kier alpha value is -2.17. The average Bonchev–Trinajstić information content (AvgIpc) is 3.32. The van der Waals surface area contributed by atoms with Gasteiger partial charge in [0.2, 0.25) is 6.71 Å². The first-order valence-corrected chi connectivity index (χ1v) is 9.35. The number of thiazole rings is 1. The Morgan fingerprint density at radius 3 is 2.04 bits per heavy atom. The molecule has 0 aliphatic carbocycles. The number of benzene rings is 2. The van der Waals surface area contributed by atoms with Crippen LogP contribution in [0.1, 0.15) is 0 Å². The Bertz CT molecular complexity index is 943. The van der Waals surface area contributed by atoms with E-state index in [0.717, 1.165) is 5.01 Å². The van der Waals surface area contributed by atoms with Gasteiger partial charge in [-0.15, -0.1) is 22.7 Å². The minimum absolute atomic E-state index is 0.313. The number of aromatic nitrogens is 1. The molecule has 2 aromatic heterocycles. The summed E-state index contributed by atoms with van der Waals surface area (Å²) in [6.45, 7) is 0.313. The summed E-state index contributed by atoms with van der Waals surface area (Å²) in [5, 5.41) is 5.36. The lowest BCUT2D eigenvalue weighted by Gasteiger charge is -2.10. The normalized spacial score (nSPS) is 12.3. The Morgan fingerprint density at radius 2 is 1.39 bits per heavy atom. The quantitative estimate of drug-likeness (QED) is 0.453. The highest BCUT2D eigenvalue weighted by molar-refractivity contribution is 7.22. The summed E-state index contributed by atoms with van der Waals surface area (Å²) in [4.78, 5) is 5.83. The number of hydrogen-bond acceptors (Lipinski definition) is 3. The molecule has 1 nitrogen and oxygen atoms in total. The monoisotopic (exact) mass is 329 g/mol. The van der Waals surface area contributed by atoms with Gasteiger partial charge < -0.3 is 0 Å². The lowest BCUT2D eigenvalue weighted by Crippen LogP contribution is -2.48. The minimum Gasteiger partial charge on any atom is -0.244 e. The molecular weight excluding hydrogens is 317 g/mol. The summed E-state index contributed by atoms with van der Waals surface area (Å²) in [5.74, 6) is 0. The maximum Gasteiger partial charge on any atom is 0.244 e. The third-order valence-electron chi connectivity index (χ3n) is 4.47. The van der Waals surface area contributed by atoms with Gasteiger partial charge in [-0.2, -0.15) is 0 Å². The lowest BCUT2D eigenvalue weighted by molar-refractivity contribution is 1.43. The van der Waals surface area contributed by atoms with Crippen LogP contribution in [0.15, 0.2) is 71.6 Å². The molecule has 0 spiro atoms. The third kappa shape index (κ3) is 1.95. The molecule has 1 aliphatic rings. The zero-order valence-corrected chi connectivity index (χ0v) is 13.9. The van der Waals surface area contributed by atoms with Crippen LogP contribution >= 0.6 is 22.7 Å². The molecule has 2 aromatic carbocycles. The molecule has 4 aromatic rings. The van der Waals surface area contributed by atoms with Crippen LogP contribution in [0.3, 0.4) is 0 Å². The van der Waals surface area contributed by atoms with Crippen LogP contribution in [0.2, 0.25) is 0 Å². The van der Waals surface area contributed by atoms with E-state index in [1.54, 1.807) is 22.7 Å². The van der Waals surface area contributed by atoms with Crippen LogP contribution in [0.5, 0.6) is 0 Å². The summed E-state index contributed by atoms with van der Waals surface area (Å²) in [7, 11) is 0. The molecule has 108 valence electrons. The molecule has 0 bridgehead atoms. The van der Waals surface area contributed by atoms with E-state index in [9.17, 15) is 0 Å². The smallest absolute Gasteiger partial charge is 0.244 e. The van der Waals surface area contributed by atoms with Crippen molar-refractivity contribution in [3.8, 4) is 21.0 Å². The van der Waals surface area contributed by atoms with Gasteiger partial charge in [-0.3, -0.25) is 0 Å². The first kappa shape index (κ1) is 13.3. The van der Waals surface area contributed by atoms with Crippen molar-refractivity contribution in [3.63, 3.8) is 0 Å². The molecule has 5 rings (SSSR count). The van der Waals surface area contributed by atoms with E-state index in [1.165, 1.54) is 32.4 Å². The summed E-state index contributed by atoms with van der Waals surface area (Å²) >= 11 is 3.51. The lowest BCUT2D eigenvalue weighted by atomic mass is 9.39. The fraction of sp³-hybridized carbons (Fsp3) is 0. The van der Waals surface area contributed by atoms with Gasteiger partial charge in [-0.25, -0.2) is 4.98 Å². The molecule has 3 heterocycles. The molecule has 0 atom stereocenters. The van der Waals surface area contributed by atoms with Crippen LogP contribution in [0.4, 0.5) is 0 Å². The second-order valence-corrected chi connectivity index (χ2v) is 7.46. The summed E-state index contributed by atoms with van der Waals surface area (Å²) in [6, 6.07) is 19.8. The standard InChI is InChI=1S/C19H12BNS2/c1-3-7-15-13(5-1)14-6-2-4-8-16(14)20(15)17-9-11-22-18(17)19-21-10-12-23-19/h1-12H.